The Labute approximate surface area is 134 Å². The largest absolute Gasteiger partial charge is 0.398 e. The summed E-state index contributed by atoms with van der Waals surface area (Å²) in [6.07, 6.45) is 5.96. The highest BCUT2D eigenvalue weighted by Gasteiger charge is 2.33. The fraction of sp³-hybridized carbons (Fsp3) is 0.857. The molecule has 2 aliphatic heterocycles. The second kappa shape index (κ2) is 6.81. The molecule has 2 atom stereocenters. The Morgan fingerprint density at radius 1 is 1.25 bits per heavy atom. The number of nitrogens with one attached hydrogen (secondary N) is 1. The van der Waals surface area contributed by atoms with E-state index in [4.69, 9.17) is 15.2 Å². The normalized spacial score (nSPS) is 33.0. The van der Waals surface area contributed by atoms with Gasteiger partial charge >= 0.3 is 0 Å². The summed E-state index contributed by atoms with van der Waals surface area (Å²) in [4.78, 5) is 2.58. The number of hydrogen-bond donors (Lipinski definition) is 2. The highest BCUT2D eigenvalue weighted by Crippen LogP contribution is 2.28. The van der Waals surface area contributed by atoms with Gasteiger partial charge in [-0.25, -0.2) is 0 Å². The number of nitrogens with two attached hydrogens (primary N) is 1. The lowest BCUT2D eigenvalue weighted by molar-refractivity contribution is 0.00150. The summed E-state index contributed by atoms with van der Waals surface area (Å²) in [5, 5.41) is 0. The molecule has 0 bridgehead atoms. The molecule has 1 unspecified atom stereocenters. The molecule has 3 aliphatic rings. The molecule has 2 fully saturated rings. The minimum absolute atomic E-state index is 0.118. The van der Waals surface area contributed by atoms with Crippen molar-refractivity contribution in [1.82, 2.24) is 8.43 Å². The average molecular weight is 393 g/mol. The molecular weight excluding hydrogens is 369 g/mol. The molecule has 114 valence electrons. The van der Waals surface area contributed by atoms with E-state index in [9.17, 15) is 0 Å². The molecular formula is C14H24IN3O2. The van der Waals surface area contributed by atoms with Crippen LogP contribution in [0.5, 0.6) is 0 Å². The van der Waals surface area contributed by atoms with Crippen LogP contribution in [0.1, 0.15) is 32.1 Å². The summed E-state index contributed by atoms with van der Waals surface area (Å²) >= 11 is 2.15. The van der Waals surface area contributed by atoms with Crippen molar-refractivity contribution in [3.63, 3.8) is 0 Å². The second-order valence-electron chi connectivity index (χ2n) is 5.94. The molecule has 5 nitrogen and oxygen atoms in total. The summed E-state index contributed by atoms with van der Waals surface area (Å²) in [6, 6.07) is 0.695. The average Bonchev–Trinajstić information content (AvgIpc) is 3.08. The molecule has 2 saturated heterocycles. The van der Waals surface area contributed by atoms with Crippen LogP contribution >= 0.6 is 22.9 Å². The maximum atomic E-state index is 6.24. The van der Waals surface area contributed by atoms with Gasteiger partial charge in [0.05, 0.1) is 40.8 Å². The summed E-state index contributed by atoms with van der Waals surface area (Å²) in [7, 11) is 0. The van der Waals surface area contributed by atoms with Crippen LogP contribution in [0.15, 0.2) is 11.4 Å². The van der Waals surface area contributed by atoms with Gasteiger partial charge in [0.25, 0.3) is 0 Å². The Morgan fingerprint density at radius 2 is 2.05 bits per heavy atom. The number of rotatable bonds is 4. The minimum Gasteiger partial charge on any atom is -0.398 e. The molecule has 0 saturated carbocycles. The molecule has 0 aromatic carbocycles. The number of nitrogens with zero attached hydrogens (tertiary/aromatic N) is 1. The monoisotopic (exact) mass is 393 g/mol. The van der Waals surface area contributed by atoms with Crippen molar-refractivity contribution in [2.24, 2.45) is 5.73 Å². The Morgan fingerprint density at radius 3 is 2.75 bits per heavy atom. The molecule has 6 heteroatoms. The first-order valence-electron chi connectivity index (χ1n) is 7.60. The van der Waals surface area contributed by atoms with Crippen LogP contribution in [-0.2, 0) is 9.47 Å². The lowest BCUT2D eigenvalue weighted by atomic mass is 10.1. The third kappa shape index (κ3) is 3.23. The Hall–Kier alpha value is -0.0500. The highest BCUT2D eigenvalue weighted by molar-refractivity contribution is 14.1. The SMILES string of the molecule is NC1=C(NI)CCC1O[C@@H]1CCN(C2CCOCC2)C1. The molecule has 0 amide bonds. The molecule has 0 aromatic rings. The third-order valence-electron chi connectivity index (χ3n) is 4.71. The molecule has 3 rings (SSSR count). The van der Waals surface area contributed by atoms with Gasteiger partial charge < -0.3 is 18.7 Å². The fourth-order valence-corrected chi connectivity index (χ4v) is 4.07. The topological polar surface area (TPSA) is 59.8 Å². The van der Waals surface area contributed by atoms with E-state index < -0.39 is 0 Å². The molecule has 0 radical (unpaired) electrons. The predicted molar refractivity (Wildman–Crippen MR) is 86.3 cm³/mol. The van der Waals surface area contributed by atoms with Crippen LogP contribution in [0, 0.1) is 0 Å². The smallest absolute Gasteiger partial charge is 0.0993 e. The second-order valence-corrected chi connectivity index (χ2v) is 6.48. The fourth-order valence-electron chi connectivity index (χ4n) is 3.49. The van der Waals surface area contributed by atoms with E-state index in [1.807, 2.05) is 0 Å². The number of halogens is 1. The Bertz CT molecular complexity index is 371. The Kier molecular flexibility index (Phi) is 5.06. The van der Waals surface area contributed by atoms with Gasteiger partial charge in [0, 0.05) is 38.0 Å². The van der Waals surface area contributed by atoms with E-state index in [1.165, 1.54) is 12.8 Å². The van der Waals surface area contributed by atoms with Gasteiger partial charge in [-0.05, 0) is 32.1 Å². The van der Waals surface area contributed by atoms with Gasteiger partial charge in [0.15, 0.2) is 0 Å². The van der Waals surface area contributed by atoms with E-state index in [2.05, 4.69) is 31.3 Å². The van der Waals surface area contributed by atoms with Crippen molar-refractivity contribution in [2.75, 3.05) is 26.3 Å². The first-order chi connectivity index (χ1) is 9.78. The quantitative estimate of drug-likeness (QED) is 0.561. The lowest BCUT2D eigenvalue weighted by Crippen LogP contribution is -2.39. The van der Waals surface area contributed by atoms with Gasteiger partial charge in [-0.15, -0.1) is 0 Å². The number of allylic oxidation sites excluding steroid dienone is 1. The lowest BCUT2D eigenvalue weighted by Gasteiger charge is -2.31. The van der Waals surface area contributed by atoms with Crippen LogP contribution in [0.3, 0.4) is 0 Å². The van der Waals surface area contributed by atoms with Crippen molar-refractivity contribution in [3.8, 4) is 0 Å². The highest BCUT2D eigenvalue weighted by atomic mass is 127. The van der Waals surface area contributed by atoms with Gasteiger partial charge in [-0.2, -0.15) is 0 Å². The molecule has 1 aliphatic carbocycles. The first kappa shape index (κ1) is 14.9. The van der Waals surface area contributed by atoms with Crippen LogP contribution in [0.4, 0.5) is 0 Å². The van der Waals surface area contributed by atoms with Crippen LogP contribution in [0.25, 0.3) is 0 Å². The first-order valence-corrected chi connectivity index (χ1v) is 8.68. The number of hydrogen-bond acceptors (Lipinski definition) is 5. The summed E-state index contributed by atoms with van der Waals surface area (Å²) in [5.74, 6) is 0. The van der Waals surface area contributed by atoms with E-state index in [1.54, 1.807) is 0 Å². The van der Waals surface area contributed by atoms with Gasteiger partial charge in [0.2, 0.25) is 0 Å². The van der Waals surface area contributed by atoms with Gasteiger partial charge in [-0.1, -0.05) is 0 Å². The summed E-state index contributed by atoms with van der Waals surface area (Å²) in [5.41, 5.74) is 8.20. The van der Waals surface area contributed by atoms with Crippen LogP contribution < -0.4 is 9.26 Å². The van der Waals surface area contributed by atoms with E-state index in [0.717, 1.165) is 57.0 Å². The van der Waals surface area contributed by atoms with E-state index in [-0.39, 0.29) is 6.10 Å². The zero-order chi connectivity index (χ0) is 13.9. The number of ether oxygens (including phenoxy) is 2. The zero-order valence-corrected chi connectivity index (χ0v) is 14.0. The molecule has 0 aromatic heterocycles. The predicted octanol–water partition coefficient (Wildman–Crippen LogP) is 1.53. The van der Waals surface area contributed by atoms with Gasteiger partial charge in [0.1, 0.15) is 0 Å². The van der Waals surface area contributed by atoms with Gasteiger partial charge in [-0.3, -0.25) is 4.90 Å². The molecule has 2 heterocycles. The van der Waals surface area contributed by atoms with Crippen LogP contribution in [0.2, 0.25) is 0 Å². The van der Waals surface area contributed by atoms with E-state index in [0.29, 0.717) is 12.1 Å². The standard InChI is InChI=1S/C14H24IN3O2/c15-17-12-1-2-13(14(12)16)20-11-3-6-18(9-11)10-4-7-19-8-5-10/h10-11,13,17H,1-9,16H2/t11-,13?/m1/s1. The minimum atomic E-state index is 0.118. The van der Waals surface area contributed by atoms with Crippen molar-refractivity contribution >= 4 is 22.9 Å². The maximum absolute atomic E-state index is 6.24. The maximum Gasteiger partial charge on any atom is 0.0993 e. The van der Waals surface area contributed by atoms with E-state index >= 15 is 0 Å². The molecule has 0 spiro atoms. The molecule has 3 N–H and O–H groups in total. The van der Waals surface area contributed by atoms with Crippen molar-refractivity contribution in [1.29, 1.82) is 0 Å². The van der Waals surface area contributed by atoms with Crippen molar-refractivity contribution < 1.29 is 9.47 Å². The summed E-state index contributed by atoms with van der Waals surface area (Å²) in [6.45, 7) is 4.04. The third-order valence-corrected chi connectivity index (χ3v) is 5.36. The Balaban J connectivity index is 1.49. The van der Waals surface area contributed by atoms with Crippen molar-refractivity contribution in [3.05, 3.63) is 11.4 Å². The van der Waals surface area contributed by atoms with Crippen molar-refractivity contribution in [2.45, 2.75) is 50.4 Å². The molecule has 20 heavy (non-hydrogen) atoms. The zero-order valence-electron chi connectivity index (χ0n) is 11.8. The van der Waals surface area contributed by atoms with Crippen LogP contribution in [-0.4, -0.2) is 49.5 Å². The summed E-state index contributed by atoms with van der Waals surface area (Å²) < 4.78 is 14.8. The number of likely N-dealkylation sites (tertiary alicyclic amines) is 1.